The summed E-state index contributed by atoms with van der Waals surface area (Å²) in [5, 5.41) is 3.26. The molecule has 0 atom stereocenters. The molecule has 1 heterocycles. The van der Waals surface area contributed by atoms with Gasteiger partial charge in [0.15, 0.2) is 11.6 Å². The molecule has 0 aliphatic heterocycles. The molecule has 0 saturated carbocycles. The lowest BCUT2D eigenvalue weighted by Crippen LogP contribution is -2.21. The second-order valence-corrected chi connectivity index (χ2v) is 5.36. The van der Waals surface area contributed by atoms with E-state index >= 15 is 0 Å². The predicted molar refractivity (Wildman–Crippen MR) is 81.7 cm³/mol. The number of aryl methyl sites for hydroxylation is 1. The summed E-state index contributed by atoms with van der Waals surface area (Å²) in [7, 11) is 0. The lowest BCUT2D eigenvalue weighted by molar-refractivity contribution is 0.285. The summed E-state index contributed by atoms with van der Waals surface area (Å²) in [6.45, 7) is 6.95. The minimum absolute atomic E-state index is 0.256. The van der Waals surface area contributed by atoms with Gasteiger partial charge in [-0.15, -0.1) is 0 Å². The van der Waals surface area contributed by atoms with Crippen molar-refractivity contribution < 1.29 is 9.13 Å². The van der Waals surface area contributed by atoms with E-state index in [2.05, 4.69) is 24.1 Å². The van der Waals surface area contributed by atoms with Crippen molar-refractivity contribution in [3.05, 3.63) is 59.2 Å². The Morgan fingerprint density at radius 1 is 1.24 bits per heavy atom. The highest BCUT2D eigenvalue weighted by Gasteiger charge is 2.06. The summed E-state index contributed by atoms with van der Waals surface area (Å²) >= 11 is 0. The van der Waals surface area contributed by atoms with Crippen LogP contribution in [0.5, 0.6) is 5.75 Å². The van der Waals surface area contributed by atoms with E-state index in [9.17, 15) is 4.39 Å². The van der Waals surface area contributed by atoms with Gasteiger partial charge in [-0.2, -0.15) is 0 Å². The maximum absolute atomic E-state index is 14.0. The number of benzene rings is 1. The van der Waals surface area contributed by atoms with Gasteiger partial charge in [-0.3, -0.25) is 4.98 Å². The van der Waals surface area contributed by atoms with E-state index in [0.29, 0.717) is 12.6 Å². The van der Waals surface area contributed by atoms with Gasteiger partial charge in [0.2, 0.25) is 0 Å². The molecule has 1 aromatic heterocycles. The predicted octanol–water partition coefficient (Wildman–Crippen LogP) is 3.61. The molecule has 1 N–H and O–H groups in total. The van der Waals surface area contributed by atoms with Gasteiger partial charge in [0, 0.05) is 18.3 Å². The minimum atomic E-state index is -0.342. The van der Waals surface area contributed by atoms with Crippen molar-refractivity contribution in [3.8, 4) is 5.75 Å². The molecule has 0 aliphatic carbocycles. The van der Waals surface area contributed by atoms with Crippen molar-refractivity contribution in [1.29, 1.82) is 0 Å². The van der Waals surface area contributed by atoms with Crippen LogP contribution in [0.15, 0.2) is 36.4 Å². The third-order valence-electron chi connectivity index (χ3n) is 3.03. The molecule has 2 rings (SSSR count). The van der Waals surface area contributed by atoms with Crippen LogP contribution in [0, 0.1) is 12.7 Å². The Morgan fingerprint density at radius 3 is 2.71 bits per heavy atom. The van der Waals surface area contributed by atoms with E-state index < -0.39 is 0 Å². The van der Waals surface area contributed by atoms with Crippen LogP contribution in [0.2, 0.25) is 0 Å². The smallest absolute Gasteiger partial charge is 0.165 e. The van der Waals surface area contributed by atoms with Gasteiger partial charge in [-0.1, -0.05) is 26.0 Å². The SMILES string of the molecule is Cc1cccc(COc2ccc(CNC(C)C)cc2F)n1. The summed E-state index contributed by atoms with van der Waals surface area (Å²) in [5.41, 5.74) is 2.62. The highest BCUT2D eigenvalue weighted by atomic mass is 19.1. The first-order valence-electron chi connectivity index (χ1n) is 7.12. The van der Waals surface area contributed by atoms with Crippen molar-refractivity contribution in [2.45, 2.75) is 40.0 Å². The molecule has 0 aliphatic rings. The van der Waals surface area contributed by atoms with Gasteiger partial charge in [0.05, 0.1) is 5.69 Å². The van der Waals surface area contributed by atoms with E-state index in [-0.39, 0.29) is 18.2 Å². The van der Waals surface area contributed by atoms with E-state index in [1.54, 1.807) is 6.07 Å². The third-order valence-corrected chi connectivity index (χ3v) is 3.03. The molecule has 0 amide bonds. The van der Waals surface area contributed by atoms with E-state index in [0.717, 1.165) is 17.0 Å². The molecule has 1 aromatic carbocycles. The second-order valence-electron chi connectivity index (χ2n) is 5.36. The molecule has 4 heteroatoms. The molecular weight excluding hydrogens is 267 g/mol. The number of aromatic nitrogens is 1. The number of nitrogens with zero attached hydrogens (tertiary/aromatic N) is 1. The molecule has 0 spiro atoms. The van der Waals surface area contributed by atoms with Gasteiger partial charge in [0.1, 0.15) is 6.61 Å². The number of halogens is 1. The van der Waals surface area contributed by atoms with Crippen molar-refractivity contribution in [3.63, 3.8) is 0 Å². The maximum Gasteiger partial charge on any atom is 0.165 e. The molecule has 21 heavy (non-hydrogen) atoms. The first-order chi connectivity index (χ1) is 10.0. The first kappa shape index (κ1) is 15.4. The van der Waals surface area contributed by atoms with Crippen molar-refractivity contribution in [2.24, 2.45) is 0 Å². The summed E-state index contributed by atoms with van der Waals surface area (Å²) in [5.74, 6) is -0.0858. The quantitative estimate of drug-likeness (QED) is 0.881. The molecule has 0 saturated heterocycles. The van der Waals surface area contributed by atoms with Crippen LogP contribution in [0.3, 0.4) is 0 Å². The summed E-state index contributed by atoms with van der Waals surface area (Å²) in [4.78, 5) is 4.33. The number of ether oxygens (including phenoxy) is 1. The fraction of sp³-hybridized carbons (Fsp3) is 0.353. The van der Waals surface area contributed by atoms with Crippen molar-refractivity contribution in [1.82, 2.24) is 10.3 Å². The molecular formula is C17H21FN2O. The molecule has 2 aromatic rings. The summed E-state index contributed by atoms with van der Waals surface area (Å²) in [6.07, 6.45) is 0. The molecule has 112 valence electrons. The zero-order valence-electron chi connectivity index (χ0n) is 12.7. The lowest BCUT2D eigenvalue weighted by atomic mass is 10.2. The normalized spacial score (nSPS) is 10.9. The third kappa shape index (κ3) is 4.83. The number of hydrogen-bond donors (Lipinski definition) is 1. The van der Waals surface area contributed by atoms with Crippen LogP contribution in [0.25, 0.3) is 0 Å². The molecule has 0 unspecified atom stereocenters. The Kier molecular flexibility index (Phi) is 5.28. The Labute approximate surface area is 125 Å². The fourth-order valence-corrected chi connectivity index (χ4v) is 1.92. The van der Waals surface area contributed by atoms with Crippen molar-refractivity contribution >= 4 is 0 Å². The zero-order valence-corrected chi connectivity index (χ0v) is 12.7. The van der Waals surface area contributed by atoms with E-state index in [4.69, 9.17) is 4.74 Å². The molecule has 3 nitrogen and oxygen atoms in total. The largest absolute Gasteiger partial charge is 0.484 e. The molecule has 0 radical (unpaired) electrons. The monoisotopic (exact) mass is 288 g/mol. The fourth-order valence-electron chi connectivity index (χ4n) is 1.92. The molecule has 0 bridgehead atoms. The van der Waals surface area contributed by atoms with Gasteiger partial charge in [-0.05, 0) is 36.8 Å². The Bertz CT molecular complexity index is 599. The van der Waals surface area contributed by atoms with Crippen molar-refractivity contribution in [2.75, 3.05) is 0 Å². The Balaban J connectivity index is 1.97. The van der Waals surface area contributed by atoms with Crippen LogP contribution in [-0.2, 0) is 13.2 Å². The Morgan fingerprint density at radius 2 is 2.05 bits per heavy atom. The Hall–Kier alpha value is -1.94. The maximum atomic E-state index is 14.0. The summed E-state index contributed by atoms with van der Waals surface area (Å²) < 4.78 is 19.5. The lowest BCUT2D eigenvalue weighted by Gasteiger charge is -2.11. The second kappa shape index (κ2) is 7.18. The van der Waals surface area contributed by atoms with Crippen LogP contribution in [0.4, 0.5) is 4.39 Å². The zero-order chi connectivity index (χ0) is 15.2. The van der Waals surface area contributed by atoms with Crippen LogP contribution < -0.4 is 10.1 Å². The number of nitrogens with one attached hydrogen (secondary N) is 1. The average molecular weight is 288 g/mol. The number of hydrogen-bond acceptors (Lipinski definition) is 3. The highest BCUT2D eigenvalue weighted by Crippen LogP contribution is 2.19. The average Bonchev–Trinajstić information content (AvgIpc) is 2.44. The number of rotatable bonds is 6. The first-order valence-corrected chi connectivity index (χ1v) is 7.12. The van der Waals surface area contributed by atoms with Crippen LogP contribution >= 0.6 is 0 Å². The topological polar surface area (TPSA) is 34.1 Å². The van der Waals surface area contributed by atoms with Gasteiger partial charge in [-0.25, -0.2) is 4.39 Å². The van der Waals surface area contributed by atoms with E-state index in [1.807, 2.05) is 31.2 Å². The number of pyridine rings is 1. The van der Waals surface area contributed by atoms with E-state index in [1.165, 1.54) is 6.07 Å². The standard InChI is InChI=1S/C17H21FN2O/c1-12(2)19-10-14-7-8-17(16(18)9-14)21-11-15-6-4-5-13(3)20-15/h4-9,12,19H,10-11H2,1-3H3. The van der Waals surface area contributed by atoms with Gasteiger partial charge in [0.25, 0.3) is 0 Å². The van der Waals surface area contributed by atoms with Crippen LogP contribution in [-0.4, -0.2) is 11.0 Å². The summed E-state index contributed by atoms with van der Waals surface area (Å²) in [6, 6.07) is 11.1. The molecule has 0 fully saturated rings. The van der Waals surface area contributed by atoms with Crippen LogP contribution in [0.1, 0.15) is 30.8 Å². The minimum Gasteiger partial charge on any atom is -0.484 e. The van der Waals surface area contributed by atoms with Gasteiger partial charge >= 0.3 is 0 Å². The highest BCUT2D eigenvalue weighted by molar-refractivity contribution is 5.29. The van der Waals surface area contributed by atoms with Gasteiger partial charge < -0.3 is 10.1 Å².